The number of hydrogen-bond acceptors (Lipinski definition) is 2. The number of allylic oxidation sites excluding steroid dienone is 2. The molecular formula is C8H14ClO2P. The minimum atomic E-state index is -2.38. The van der Waals surface area contributed by atoms with Crippen molar-refractivity contribution in [3.63, 3.8) is 0 Å². The van der Waals surface area contributed by atoms with Gasteiger partial charge in [-0.05, 0) is 13.8 Å². The Balaban J connectivity index is 2.48. The second-order valence-electron chi connectivity index (χ2n) is 3.28. The van der Waals surface area contributed by atoms with Crippen molar-refractivity contribution in [3.8, 4) is 0 Å². The second-order valence-corrected chi connectivity index (χ2v) is 6.11. The van der Waals surface area contributed by atoms with Gasteiger partial charge in [0, 0.05) is 18.2 Å². The predicted molar refractivity (Wildman–Crippen MR) is 52.4 cm³/mol. The lowest BCUT2D eigenvalue weighted by Crippen LogP contribution is -2.09. The molecule has 1 aliphatic rings. The van der Waals surface area contributed by atoms with E-state index < -0.39 is 7.37 Å². The highest BCUT2D eigenvalue weighted by Crippen LogP contribution is 2.53. The van der Waals surface area contributed by atoms with E-state index in [1.807, 2.05) is 19.9 Å². The van der Waals surface area contributed by atoms with Crippen LogP contribution in [0.3, 0.4) is 0 Å². The maximum Gasteiger partial charge on any atom is 0.211 e. The van der Waals surface area contributed by atoms with Crippen molar-refractivity contribution in [2.75, 3.05) is 18.2 Å². The third-order valence-corrected chi connectivity index (χ3v) is 4.70. The van der Waals surface area contributed by atoms with E-state index in [2.05, 4.69) is 0 Å². The molecule has 0 aromatic heterocycles. The first-order chi connectivity index (χ1) is 5.56. The number of hydrogen-bond donors (Lipinski definition) is 0. The first kappa shape index (κ1) is 10.3. The van der Waals surface area contributed by atoms with Crippen molar-refractivity contribution in [1.82, 2.24) is 0 Å². The molecule has 0 saturated carbocycles. The molecule has 0 bridgehead atoms. The van der Waals surface area contributed by atoms with Crippen LogP contribution in [-0.2, 0) is 9.09 Å². The van der Waals surface area contributed by atoms with Gasteiger partial charge in [-0.2, -0.15) is 0 Å². The summed E-state index contributed by atoms with van der Waals surface area (Å²) in [5.74, 6) is 0.406. The molecule has 70 valence electrons. The zero-order chi connectivity index (χ0) is 9.19. The first-order valence-electron chi connectivity index (χ1n) is 4.04. The molecule has 0 saturated heterocycles. The van der Waals surface area contributed by atoms with Crippen LogP contribution in [0.2, 0.25) is 0 Å². The molecule has 0 aromatic carbocycles. The van der Waals surface area contributed by atoms with E-state index in [1.54, 1.807) is 0 Å². The monoisotopic (exact) mass is 208 g/mol. The highest BCUT2D eigenvalue weighted by Gasteiger charge is 2.28. The molecule has 0 spiro atoms. The summed E-state index contributed by atoms with van der Waals surface area (Å²) in [6.45, 7) is 3.83. The van der Waals surface area contributed by atoms with Gasteiger partial charge in [-0.1, -0.05) is 11.6 Å². The van der Waals surface area contributed by atoms with Crippen LogP contribution in [0, 0.1) is 0 Å². The quantitative estimate of drug-likeness (QED) is 0.405. The van der Waals surface area contributed by atoms with Gasteiger partial charge in [0.05, 0.1) is 6.10 Å². The molecule has 2 unspecified atom stereocenters. The fourth-order valence-corrected chi connectivity index (χ4v) is 3.89. The van der Waals surface area contributed by atoms with Gasteiger partial charge < -0.3 is 4.52 Å². The van der Waals surface area contributed by atoms with Gasteiger partial charge in [0.2, 0.25) is 7.37 Å². The maximum absolute atomic E-state index is 11.9. The van der Waals surface area contributed by atoms with Crippen LogP contribution in [0.25, 0.3) is 0 Å². The van der Waals surface area contributed by atoms with E-state index >= 15 is 0 Å². The molecule has 0 radical (unpaired) electrons. The van der Waals surface area contributed by atoms with Crippen molar-refractivity contribution in [2.45, 2.75) is 20.0 Å². The lowest BCUT2D eigenvalue weighted by atomic mass is 10.3. The van der Waals surface area contributed by atoms with Gasteiger partial charge in [-0.25, -0.2) is 0 Å². The zero-order valence-electron chi connectivity index (χ0n) is 7.42. The van der Waals surface area contributed by atoms with E-state index in [0.29, 0.717) is 18.2 Å². The Bertz CT molecular complexity index is 237. The summed E-state index contributed by atoms with van der Waals surface area (Å²) in [6.07, 6.45) is 3.08. The van der Waals surface area contributed by atoms with Crippen molar-refractivity contribution in [2.24, 2.45) is 0 Å². The normalized spacial score (nSPS) is 31.8. The summed E-state index contributed by atoms with van der Waals surface area (Å²) in [5, 5.41) is 0. The van der Waals surface area contributed by atoms with E-state index in [9.17, 15) is 4.57 Å². The summed E-state index contributed by atoms with van der Waals surface area (Å²) in [4.78, 5) is 0. The van der Waals surface area contributed by atoms with Crippen molar-refractivity contribution < 1.29 is 9.09 Å². The van der Waals surface area contributed by atoms with Gasteiger partial charge in [0.1, 0.15) is 0 Å². The van der Waals surface area contributed by atoms with Crippen LogP contribution in [0.5, 0.6) is 0 Å². The van der Waals surface area contributed by atoms with Gasteiger partial charge in [-0.15, -0.1) is 11.6 Å². The Kier molecular flexibility index (Phi) is 3.39. The Hall–Kier alpha value is 0.220. The highest BCUT2D eigenvalue weighted by molar-refractivity contribution is 7.59. The topological polar surface area (TPSA) is 26.3 Å². The molecule has 12 heavy (non-hydrogen) atoms. The van der Waals surface area contributed by atoms with E-state index in [-0.39, 0.29) is 6.10 Å². The summed E-state index contributed by atoms with van der Waals surface area (Å²) in [6, 6.07) is 0. The predicted octanol–water partition coefficient (Wildman–Crippen LogP) is 2.87. The summed E-state index contributed by atoms with van der Waals surface area (Å²) >= 11 is 5.57. The summed E-state index contributed by atoms with van der Waals surface area (Å²) in [5.41, 5.74) is 1.17. The van der Waals surface area contributed by atoms with Crippen molar-refractivity contribution >= 4 is 19.0 Å². The Morgan fingerprint density at radius 1 is 1.83 bits per heavy atom. The van der Waals surface area contributed by atoms with Crippen molar-refractivity contribution in [3.05, 3.63) is 11.6 Å². The highest BCUT2D eigenvalue weighted by atomic mass is 35.5. The standard InChI is InChI=1S/C8H14ClO2P/c1-7-3-4-12(10,6-7)11-8(2)5-9/h3,8H,4-6H2,1-2H3. The minimum Gasteiger partial charge on any atom is -0.324 e. The molecular weight excluding hydrogens is 195 g/mol. The van der Waals surface area contributed by atoms with Crippen LogP contribution in [0.15, 0.2) is 11.6 Å². The Labute approximate surface area is 78.4 Å². The fraction of sp³-hybridized carbons (Fsp3) is 0.750. The molecule has 2 atom stereocenters. The number of halogens is 1. The molecule has 0 N–H and O–H groups in total. The second kappa shape index (κ2) is 3.95. The van der Waals surface area contributed by atoms with Crippen molar-refractivity contribution in [1.29, 1.82) is 0 Å². The SMILES string of the molecule is CC1=CCP(=O)(OC(C)CCl)C1. The van der Waals surface area contributed by atoms with Crippen LogP contribution in [0.4, 0.5) is 0 Å². The lowest BCUT2D eigenvalue weighted by molar-refractivity contribution is 0.249. The first-order valence-corrected chi connectivity index (χ1v) is 6.57. The smallest absolute Gasteiger partial charge is 0.211 e. The number of rotatable bonds is 3. The molecule has 0 aliphatic carbocycles. The molecule has 0 aromatic rings. The van der Waals surface area contributed by atoms with Crippen LogP contribution < -0.4 is 0 Å². The van der Waals surface area contributed by atoms with Crippen LogP contribution in [0.1, 0.15) is 13.8 Å². The minimum absolute atomic E-state index is 0.100. The van der Waals surface area contributed by atoms with Gasteiger partial charge in [0.15, 0.2) is 0 Å². The molecule has 0 amide bonds. The van der Waals surface area contributed by atoms with E-state index in [4.69, 9.17) is 16.1 Å². The average molecular weight is 209 g/mol. The third kappa shape index (κ3) is 2.62. The van der Waals surface area contributed by atoms with E-state index in [1.165, 1.54) is 5.57 Å². The van der Waals surface area contributed by atoms with E-state index in [0.717, 1.165) is 0 Å². The largest absolute Gasteiger partial charge is 0.324 e. The molecule has 4 heteroatoms. The Morgan fingerprint density at radius 2 is 2.50 bits per heavy atom. The van der Waals surface area contributed by atoms with Gasteiger partial charge in [0.25, 0.3) is 0 Å². The maximum atomic E-state index is 11.9. The lowest BCUT2D eigenvalue weighted by Gasteiger charge is -2.16. The van der Waals surface area contributed by atoms with Crippen LogP contribution in [-0.4, -0.2) is 24.3 Å². The number of alkyl halides is 1. The van der Waals surface area contributed by atoms with Gasteiger partial charge in [-0.3, -0.25) is 4.57 Å². The average Bonchev–Trinajstić information content (AvgIpc) is 2.30. The molecule has 2 nitrogen and oxygen atoms in total. The summed E-state index contributed by atoms with van der Waals surface area (Å²) < 4.78 is 17.2. The molecule has 0 fully saturated rings. The van der Waals surface area contributed by atoms with Crippen LogP contribution >= 0.6 is 19.0 Å². The fourth-order valence-electron chi connectivity index (χ4n) is 1.24. The summed E-state index contributed by atoms with van der Waals surface area (Å²) in [7, 11) is -2.38. The van der Waals surface area contributed by atoms with Gasteiger partial charge >= 0.3 is 0 Å². The molecule has 1 aliphatic heterocycles. The zero-order valence-corrected chi connectivity index (χ0v) is 9.07. The molecule has 1 heterocycles. The molecule has 1 rings (SSSR count). The Morgan fingerprint density at radius 3 is 2.92 bits per heavy atom. The third-order valence-electron chi connectivity index (χ3n) is 1.80.